The summed E-state index contributed by atoms with van der Waals surface area (Å²) in [6.07, 6.45) is 3.11. The Kier molecular flexibility index (Phi) is 3.52. The Labute approximate surface area is 137 Å². The summed E-state index contributed by atoms with van der Waals surface area (Å²) in [7, 11) is 0. The summed E-state index contributed by atoms with van der Waals surface area (Å²) < 4.78 is 29.1. The third-order valence-electron chi connectivity index (χ3n) is 4.27. The van der Waals surface area contributed by atoms with Crippen LogP contribution in [-0.2, 0) is 13.0 Å². The highest BCUT2D eigenvalue weighted by molar-refractivity contribution is 5.57. The van der Waals surface area contributed by atoms with Crippen molar-refractivity contribution >= 4 is 11.3 Å². The summed E-state index contributed by atoms with van der Waals surface area (Å²) in [6.45, 7) is 0.960. The Morgan fingerprint density at radius 3 is 2.92 bits per heavy atom. The molecule has 1 aliphatic rings. The first-order valence-electron chi connectivity index (χ1n) is 7.82. The first kappa shape index (κ1) is 14.8. The van der Waals surface area contributed by atoms with Crippen LogP contribution in [0.15, 0.2) is 47.4 Å². The Balaban J connectivity index is 1.74. The normalized spacial score (nSPS) is 14.0. The van der Waals surface area contributed by atoms with Gasteiger partial charge in [0.15, 0.2) is 0 Å². The molecule has 1 aromatic carbocycles. The zero-order chi connectivity index (χ0) is 16.7. The lowest BCUT2D eigenvalue weighted by atomic mass is 10.0. The maximum atomic E-state index is 14.2. The molecular formula is C18H15F2N3O. The van der Waals surface area contributed by atoms with Crippen molar-refractivity contribution in [1.82, 2.24) is 9.38 Å². The average molecular weight is 327 g/mol. The van der Waals surface area contributed by atoms with E-state index in [1.165, 1.54) is 16.5 Å². The summed E-state index contributed by atoms with van der Waals surface area (Å²) in [4.78, 5) is 18.5. The molecule has 4 rings (SSSR count). The van der Waals surface area contributed by atoms with Crippen molar-refractivity contribution in [2.75, 3.05) is 11.4 Å². The van der Waals surface area contributed by atoms with Gasteiger partial charge in [0, 0.05) is 24.9 Å². The molecule has 3 heterocycles. The number of pyridine rings is 1. The van der Waals surface area contributed by atoms with Crippen LogP contribution >= 0.6 is 0 Å². The van der Waals surface area contributed by atoms with E-state index in [1.807, 2.05) is 11.0 Å². The third kappa shape index (κ3) is 2.54. The van der Waals surface area contributed by atoms with Crippen LogP contribution in [0.1, 0.15) is 17.7 Å². The molecule has 4 nitrogen and oxygen atoms in total. The van der Waals surface area contributed by atoms with Crippen molar-refractivity contribution in [1.29, 1.82) is 0 Å². The van der Waals surface area contributed by atoms with Crippen LogP contribution in [-0.4, -0.2) is 15.9 Å². The second-order valence-corrected chi connectivity index (χ2v) is 5.94. The topological polar surface area (TPSA) is 37.6 Å². The molecule has 0 radical (unpaired) electrons. The number of nitrogens with zero attached hydrogens (tertiary/aromatic N) is 3. The van der Waals surface area contributed by atoms with Crippen LogP contribution in [0.5, 0.6) is 0 Å². The number of rotatable bonds is 2. The van der Waals surface area contributed by atoms with Crippen molar-refractivity contribution in [2.24, 2.45) is 0 Å². The van der Waals surface area contributed by atoms with Crippen molar-refractivity contribution in [3.05, 3.63) is 75.8 Å². The van der Waals surface area contributed by atoms with E-state index in [2.05, 4.69) is 4.98 Å². The molecule has 6 heteroatoms. The molecule has 2 aromatic heterocycles. The van der Waals surface area contributed by atoms with Gasteiger partial charge in [-0.1, -0.05) is 6.07 Å². The molecule has 0 atom stereocenters. The van der Waals surface area contributed by atoms with Crippen LogP contribution in [0, 0.1) is 11.6 Å². The lowest BCUT2D eigenvalue weighted by Gasteiger charge is -2.31. The van der Waals surface area contributed by atoms with E-state index in [9.17, 15) is 13.6 Å². The summed E-state index contributed by atoms with van der Waals surface area (Å²) in [5.41, 5.74) is 2.03. The van der Waals surface area contributed by atoms with Gasteiger partial charge < -0.3 is 4.90 Å². The van der Waals surface area contributed by atoms with Crippen LogP contribution in [0.25, 0.3) is 5.65 Å². The number of aromatic nitrogens is 2. The third-order valence-corrected chi connectivity index (χ3v) is 4.27. The van der Waals surface area contributed by atoms with Crippen molar-refractivity contribution in [3.63, 3.8) is 0 Å². The number of hydrogen-bond donors (Lipinski definition) is 0. The Bertz CT molecular complexity index is 984. The fourth-order valence-electron chi connectivity index (χ4n) is 3.27. The highest BCUT2D eigenvalue weighted by Crippen LogP contribution is 2.31. The van der Waals surface area contributed by atoms with E-state index in [0.717, 1.165) is 12.5 Å². The van der Waals surface area contributed by atoms with E-state index in [4.69, 9.17) is 0 Å². The monoisotopic (exact) mass is 327 g/mol. The molecule has 0 N–H and O–H groups in total. The minimum absolute atomic E-state index is 0.174. The summed E-state index contributed by atoms with van der Waals surface area (Å²) >= 11 is 0. The maximum absolute atomic E-state index is 14.2. The van der Waals surface area contributed by atoms with Gasteiger partial charge in [-0.3, -0.25) is 9.20 Å². The first-order valence-corrected chi connectivity index (χ1v) is 7.82. The molecule has 3 aromatic rings. The molecule has 0 unspecified atom stereocenters. The summed E-state index contributed by atoms with van der Waals surface area (Å²) in [5, 5.41) is 0. The zero-order valence-corrected chi connectivity index (χ0v) is 12.9. The summed E-state index contributed by atoms with van der Waals surface area (Å²) in [5.74, 6) is -1.13. The lowest BCUT2D eigenvalue weighted by molar-refractivity contribution is 0.561. The van der Waals surface area contributed by atoms with Gasteiger partial charge in [0.25, 0.3) is 5.56 Å². The zero-order valence-electron chi connectivity index (χ0n) is 12.9. The molecule has 24 heavy (non-hydrogen) atoms. The Morgan fingerprint density at radius 2 is 2.04 bits per heavy atom. The standard InChI is InChI=1S/C18H15F2N3O/c19-13-8-12-4-3-6-22(18(12)15(20)9-13)11-14-10-17(24)23-7-2-1-5-16(23)21-14/h1-2,5,7-10H,3-4,6,11H2. The van der Waals surface area contributed by atoms with Crippen LogP contribution in [0.3, 0.4) is 0 Å². The van der Waals surface area contributed by atoms with E-state index in [0.29, 0.717) is 42.1 Å². The maximum Gasteiger partial charge on any atom is 0.258 e. The van der Waals surface area contributed by atoms with Crippen LogP contribution in [0.4, 0.5) is 14.5 Å². The predicted molar refractivity (Wildman–Crippen MR) is 87.2 cm³/mol. The number of halogens is 2. The largest absolute Gasteiger partial charge is 0.363 e. The molecule has 0 amide bonds. The molecule has 0 bridgehead atoms. The number of aryl methyl sites for hydroxylation is 1. The van der Waals surface area contributed by atoms with Gasteiger partial charge >= 0.3 is 0 Å². The van der Waals surface area contributed by atoms with Crippen LogP contribution < -0.4 is 10.5 Å². The predicted octanol–water partition coefficient (Wildman–Crippen LogP) is 2.93. The van der Waals surface area contributed by atoms with Crippen molar-refractivity contribution in [3.8, 4) is 0 Å². The van der Waals surface area contributed by atoms with E-state index >= 15 is 0 Å². The minimum Gasteiger partial charge on any atom is -0.363 e. The molecule has 122 valence electrons. The molecule has 0 fully saturated rings. The van der Waals surface area contributed by atoms with Crippen molar-refractivity contribution in [2.45, 2.75) is 19.4 Å². The highest BCUT2D eigenvalue weighted by Gasteiger charge is 2.22. The molecule has 0 saturated heterocycles. The molecule has 0 aliphatic carbocycles. The second-order valence-electron chi connectivity index (χ2n) is 5.94. The number of fused-ring (bicyclic) bond motifs is 2. The first-order chi connectivity index (χ1) is 11.6. The van der Waals surface area contributed by atoms with Gasteiger partial charge in [-0.2, -0.15) is 0 Å². The number of anilines is 1. The van der Waals surface area contributed by atoms with E-state index in [1.54, 1.807) is 18.3 Å². The van der Waals surface area contributed by atoms with Gasteiger partial charge in [-0.15, -0.1) is 0 Å². The average Bonchev–Trinajstić information content (AvgIpc) is 2.54. The van der Waals surface area contributed by atoms with Gasteiger partial charge in [-0.25, -0.2) is 13.8 Å². The van der Waals surface area contributed by atoms with Gasteiger partial charge in [0.2, 0.25) is 0 Å². The fraction of sp³-hybridized carbons (Fsp3) is 0.222. The van der Waals surface area contributed by atoms with Crippen LogP contribution in [0.2, 0.25) is 0 Å². The Hall–Kier alpha value is -2.76. The van der Waals surface area contributed by atoms with Gasteiger partial charge in [0.1, 0.15) is 17.3 Å². The van der Waals surface area contributed by atoms with E-state index < -0.39 is 11.6 Å². The molecule has 1 aliphatic heterocycles. The minimum atomic E-state index is -0.567. The lowest BCUT2D eigenvalue weighted by Crippen LogP contribution is -2.31. The molecule has 0 saturated carbocycles. The fourth-order valence-corrected chi connectivity index (χ4v) is 3.27. The van der Waals surface area contributed by atoms with Crippen molar-refractivity contribution < 1.29 is 8.78 Å². The smallest absolute Gasteiger partial charge is 0.258 e. The number of hydrogen-bond acceptors (Lipinski definition) is 3. The van der Waals surface area contributed by atoms with Gasteiger partial charge in [-0.05, 0) is 36.6 Å². The SMILES string of the molecule is O=c1cc(CN2CCCc3cc(F)cc(F)c32)nc2ccccn12. The highest BCUT2D eigenvalue weighted by atomic mass is 19.1. The number of benzene rings is 1. The Morgan fingerprint density at radius 1 is 1.17 bits per heavy atom. The molecule has 0 spiro atoms. The second kappa shape index (κ2) is 5.70. The quantitative estimate of drug-likeness (QED) is 0.726. The van der Waals surface area contributed by atoms with E-state index in [-0.39, 0.29) is 5.56 Å². The summed E-state index contributed by atoms with van der Waals surface area (Å²) in [6, 6.07) is 9.07. The van der Waals surface area contributed by atoms with Gasteiger partial charge in [0.05, 0.1) is 17.9 Å². The molecular weight excluding hydrogens is 312 g/mol.